The maximum Gasteiger partial charge on any atom is 0.268 e. The van der Waals surface area contributed by atoms with Crippen LogP contribution in [-0.4, -0.2) is 51.5 Å². The first-order valence-corrected chi connectivity index (χ1v) is 13.9. The van der Waals surface area contributed by atoms with Gasteiger partial charge in [-0.05, 0) is 60.2 Å². The topological polar surface area (TPSA) is 131 Å². The maximum absolute atomic E-state index is 13.7. The molecule has 0 unspecified atom stereocenters. The van der Waals surface area contributed by atoms with E-state index in [2.05, 4.69) is 15.3 Å². The molecule has 5 rings (SSSR count). The molecule has 2 N–H and O–H groups in total. The van der Waals surface area contributed by atoms with Crippen molar-refractivity contribution in [1.82, 2.24) is 19.9 Å². The van der Waals surface area contributed by atoms with E-state index in [-0.39, 0.29) is 42.2 Å². The van der Waals surface area contributed by atoms with Gasteiger partial charge in [0.15, 0.2) is 5.75 Å². The van der Waals surface area contributed by atoms with Crippen molar-refractivity contribution in [2.45, 2.75) is 31.8 Å². The number of hydrogen-bond acceptors (Lipinski definition) is 7. The lowest BCUT2D eigenvalue weighted by Crippen LogP contribution is -2.43. The fourth-order valence-electron chi connectivity index (χ4n) is 4.61. The molecular weight excluding hydrogens is 511 g/mol. The molecule has 0 aliphatic carbocycles. The van der Waals surface area contributed by atoms with Crippen LogP contribution in [0.25, 0.3) is 11.0 Å². The molecule has 1 aromatic carbocycles. The van der Waals surface area contributed by atoms with Crippen LogP contribution in [0, 0.1) is 5.82 Å². The molecule has 0 atom stereocenters. The quantitative estimate of drug-likeness (QED) is 0.387. The van der Waals surface area contributed by atoms with Crippen molar-refractivity contribution in [2.24, 2.45) is 0 Å². The van der Waals surface area contributed by atoms with Crippen molar-refractivity contribution in [2.75, 3.05) is 11.5 Å². The van der Waals surface area contributed by atoms with Gasteiger partial charge < -0.3 is 15.0 Å². The number of carbonyl (C=O) groups is 1. The fraction of sp³-hybridized carbons (Fsp3) is 0.259. The van der Waals surface area contributed by atoms with E-state index in [9.17, 15) is 27.5 Å². The second kappa shape index (κ2) is 10.3. The number of fused-ring (bicyclic) bond motifs is 1. The predicted octanol–water partition coefficient (Wildman–Crippen LogP) is 2.58. The van der Waals surface area contributed by atoms with Gasteiger partial charge in [0.2, 0.25) is 0 Å². The van der Waals surface area contributed by atoms with Crippen LogP contribution in [0.1, 0.15) is 39.9 Å². The molecule has 196 valence electrons. The van der Waals surface area contributed by atoms with E-state index in [0.717, 1.165) is 11.1 Å². The fourth-order valence-corrected chi connectivity index (χ4v) is 6.10. The maximum atomic E-state index is 13.7. The Morgan fingerprint density at radius 1 is 1.08 bits per heavy atom. The Hall–Kier alpha value is -4.12. The zero-order valence-electron chi connectivity index (χ0n) is 20.3. The molecule has 38 heavy (non-hydrogen) atoms. The zero-order chi connectivity index (χ0) is 26.9. The molecule has 0 bridgehead atoms. The zero-order valence-corrected chi connectivity index (χ0v) is 21.1. The highest BCUT2D eigenvalue weighted by atomic mass is 32.2. The third-order valence-corrected chi connectivity index (χ3v) is 8.35. The van der Waals surface area contributed by atoms with Crippen molar-refractivity contribution in [3.63, 3.8) is 0 Å². The molecule has 4 aromatic rings. The van der Waals surface area contributed by atoms with Crippen LogP contribution in [-0.2, 0) is 22.8 Å². The number of pyridine rings is 3. The van der Waals surface area contributed by atoms with E-state index >= 15 is 0 Å². The monoisotopic (exact) mass is 536 g/mol. The molecule has 1 saturated heterocycles. The minimum Gasteiger partial charge on any atom is -0.505 e. The Morgan fingerprint density at radius 3 is 2.50 bits per heavy atom. The van der Waals surface area contributed by atoms with E-state index in [1.54, 1.807) is 42.7 Å². The van der Waals surface area contributed by atoms with Crippen LogP contribution in [0.4, 0.5) is 4.39 Å². The SMILES string of the molecule is O=C(NC1CCS(=O)(=O)CC1)c1c(O)c2ncc(Cc3ccc(F)cc3)cc2n(Cc2cccnc2)c1=O. The molecule has 1 amide bonds. The minimum absolute atomic E-state index is 0.0503. The molecular formula is C27H25FN4O5S. The molecule has 1 fully saturated rings. The lowest BCUT2D eigenvalue weighted by Gasteiger charge is -2.23. The number of halogens is 1. The Morgan fingerprint density at radius 2 is 1.82 bits per heavy atom. The van der Waals surface area contributed by atoms with Gasteiger partial charge in [0.05, 0.1) is 23.6 Å². The summed E-state index contributed by atoms with van der Waals surface area (Å²) in [6, 6.07) is 10.8. The van der Waals surface area contributed by atoms with Gasteiger partial charge in [0, 0.05) is 24.6 Å². The summed E-state index contributed by atoms with van der Waals surface area (Å²) in [7, 11) is -3.13. The number of benzene rings is 1. The summed E-state index contributed by atoms with van der Waals surface area (Å²) in [5.41, 5.74) is 1.51. The summed E-state index contributed by atoms with van der Waals surface area (Å²) in [5, 5.41) is 13.7. The number of carbonyl (C=O) groups excluding carboxylic acids is 1. The highest BCUT2D eigenvalue weighted by Gasteiger charge is 2.29. The van der Waals surface area contributed by atoms with Crippen molar-refractivity contribution >= 4 is 26.8 Å². The number of hydrogen-bond donors (Lipinski definition) is 2. The van der Waals surface area contributed by atoms with E-state index in [1.165, 1.54) is 22.9 Å². The number of aromatic nitrogens is 3. The molecule has 9 nitrogen and oxygen atoms in total. The Kier molecular flexibility index (Phi) is 6.94. The Balaban J connectivity index is 1.56. The van der Waals surface area contributed by atoms with Crippen LogP contribution in [0.3, 0.4) is 0 Å². The van der Waals surface area contributed by atoms with Gasteiger partial charge >= 0.3 is 0 Å². The van der Waals surface area contributed by atoms with E-state index in [4.69, 9.17) is 0 Å². The molecule has 3 aromatic heterocycles. The third kappa shape index (κ3) is 5.42. The standard InChI is InChI=1S/C27H25FN4O5S/c28-20-5-3-17(4-6-20)12-19-13-22-24(30-15-19)25(33)23(26(34)31-21-7-10-38(36,37)11-8-21)27(35)32(22)16-18-2-1-9-29-14-18/h1-6,9,13-15,21,33H,7-8,10-12,16H2,(H,31,34). The molecule has 0 spiro atoms. The average molecular weight is 537 g/mol. The van der Waals surface area contributed by atoms with Gasteiger partial charge in [-0.25, -0.2) is 12.8 Å². The first-order valence-electron chi connectivity index (χ1n) is 12.1. The second-order valence-corrected chi connectivity index (χ2v) is 11.7. The van der Waals surface area contributed by atoms with Crippen LogP contribution >= 0.6 is 0 Å². The van der Waals surface area contributed by atoms with Crippen molar-refractivity contribution in [3.05, 3.63) is 99.5 Å². The Bertz CT molecular complexity index is 1660. The largest absolute Gasteiger partial charge is 0.505 e. The number of amides is 1. The first kappa shape index (κ1) is 25.5. The smallest absolute Gasteiger partial charge is 0.268 e. The first-order chi connectivity index (χ1) is 18.2. The summed E-state index contributed by atoms with van der Waals surface area (Å²) in [6.45, 7) is 0.0765. The van der Waals surface area contributed by atoms with Crippen molar-refractivity contribution < 1.29 is 22.7 Å². The molecule has 1 aliphatic rings. The van der Waals surface area contributed by atoms with Crippen LogP contribution < -0.4 is 10.9 Å². The number of aromatic hydroxyl groups is 1. The predicted molar refractivity (Wildman–Crippen MR) is 139 cm³/mol. The van der Waals surface area contributed by atoms with Crippen LogP contribution in [0.15, 0.2) is 65.8 Å². The van der Waals surface area contributed by atoms with Crippen LogP contribution in [0.5, 0.6) is 5.75 Å². The van der Waals surface area contributed by atoms with Gasteiger partial charge in [0.1, 0.15) is 26.7 Å². The van der Waals surface area contributed by atoms with Gasteiger partial charge in [-0.1, -0.05) is 18.2 Å². The summed E-state index contributed by atoms with van der Waals surface area (Å²) >= 11 is 0. The highest BCUT2D eigenvalue weighted by molar-refractivity contribution is 7.91. The van der Waals surface area contributed by atoms with Crippen LogP contribution in [0.2, 0.25) is 0 Å². The van der Waals surface area contributed by atoms with Gasteiger partial charge in [-0.15, -0.1) is 0 Å². The normalized spacial score (nSPS) is 15.4. The molecule has 4 heterocycles. The molecule has 11 heteroatoms. The average Bonchev–Trinajstić information content (AvgIpc) is 2.90. The second-order valence-electron chi connectivity index (χ2n) is 9.39. The molecule has 0 radical (unpaired) electrons. The Labute approximate surface area is 217 Å². The molecule has 0 saturated carbocycles. The number of nitrogens with zero attached hydrogens (tertiary/aromatic N) is 3. The minimum atomic E-state index is -3.13. The number of nitrogens with one attached hydrogen (secondary N) is 1. The van der Waals surface area contributed by atoms with E-state index in [0.29, 0.717) is 17.5 Å². The number of sulfone groups is 1. The highest BCUT2D eigenvalue weighted by Crippen LogP contribution is 2.27. The van der Waals surface area contributed by atoms with Crippen molar-refractivity contribution in [3.8, 4) is 5.75 Å². The summed E-state index contributed by atoms with van der Waals surface area (Å²) < 4.78 is 38.2. The number of rotatable bonds is 6. The lowest BCUT2D eigenvalue weighted by atomic mass is 10.0. The summed E-state index contributed by atoms with van der Waals surface area (Å²) in [4.78, 5) is 35.3. The van der Waals surface area contributed by atoms with E-state index < -0.39 is 38.7 Å². The van der Waals surface area contributed by atoms with Gasteiger partial charge in [-0.3, -0.25) is 19.6 Å². The summed E-state index contributed by atoms with van der Waals surface area (Å²) in [5.74, 6) is -1.77. The molecule has 1 aliphatic heterocycles. The van der Waals surface area contributed by atoms with Gasteiger partial charge in [-0.2, -0.15) is 0 Å². The van der Waals surface area contributed by atoms with Gasteiger partial charge in [0.25, 0.3) is 11.5 Å². The lowest BCUT2D eigenvalue weighted by molar-refractivity contribution is 0.0929. The summed E-state index contributed by atoms with van der Waals surface area (Å²) in [6.07, 6.45) is 5.63. The third-order valence-electron chi connectivity index (χ3n) is 6.64. The van der Waals surface area contributed by atoms with E-state index in [1.807, 2.05) is 0 Å². The van der Waals surface area contributed by atoms with Crippen molar-refractivity contribution in [1.29, 1.82) is 0 Å².